The highest BCUT2D eigenvalue weighted by Crippen LogP contribution is 2.37. The third kappa shape index (κ3) is 3.67. The molecule has 5 nitrogen and oxygen atoms in total. The Hall–Kier alpha value is -3.02. The Morgan fingerprint density at radius 1 is 1.03 bits per heavy atom. The fraction of sp³-hybridized carbons (Fsp3) is 0.118. The maximum atomic E-state index is 14.3. The molecule has 0 N–H and O–H groups in total. The highest BCUT2D eigenvalue weighted by atomic mass is 32.2. The Balaban J connectivity index is 2.22. The first-order valence-corrected chi connectivity index (χ1v) is 9.10. The average Bonchev–Trinajstić information content (AvgIpc) is 3.04. The number of hydrogen-bond acceptors (Lipinski definition) is 4. The van der Waals surface area contributed by atoms with E-state index in [0.717, 1.165) is 19.4 Å². The van der Waals surface area contributed by atoms with Crippen LogP contribution in [-0.4, -0.2) is 24.5 Å². The molecular formula is C17H10F6N2O3S. The van der Waals surface area contributed by atoms with Gasteiger partial charge in [0.15, 0.2) is 0 Å². The first-order valence-electron chi connectivity index (χ1n) is 7.66. The number of nitrogens with zero attached hydrogens (tertiary/aromatic N) is 2. The van der Waals surface area contributed by atoms with E-state index in [-0.39, 0.29) is 5.75 Å². The first kappa shape index (κ1) is 20.7. The second kappa shape index (κ2) is 7.10. The molecule has 0 unspecified atom stereocenters. The van der Waals surface area contributed by atoms with Crippen molar-refractivity contribution in [2.24, 2.45) is 0 Å². The van der Waals surface area contributed by atoms with E-state index >= 15 is 0 Å². The van der Waals surface area contributed by atoms with Crippen molar-refractivity contribution in [1.82, 2.24) is 8.96 Å². The predicted molar refractivity (Wildman–Crippen MR) is 88.1 cm³/mol. The predicted octanol–water partition coefficient (Wildman–Crippen LogP) is 4.23. The summed E-state index contributed by atoms with van der Waals surface area (Å²) in [6.07, 6.45) is -3.43. The van der Waals surface area contributed by atoms with Crippen molar-refractivity contribution < 1.29 is 39.5 Å². The van der Waals surface area contributed by atoms with Gasteiger partial charge in [0.25, 0.3) is 10.0 Å². The minimum absolute atomic E-state index is 0.266. The van der Waals surface area contributed by atoms with E-state index in [1.54, 1.807) is 0 Å². The van der Waals surface area contributed by atoms with Crippen molar-refractivity contribution >= 4 is 10.0 Å². The van der Waals surface area contributed by atoms with Crippen LogP contribution < -0.4 is 4.74 Å². The molecule has 0 saturated carbocycles. The van der Waals surface area contributed by atoms with Crippen LogP contribution in [0.2, 0.25) is 0 Å². The molecule has 3 rings (SSSR count). The van der Waals surface area contributed by atoms with E-state index in [1.165, 1.54) is 0 Å². The molecule has 0 radical (unpaired) electrons. The van der Waals surface area contributed by atoms with Crippen LogP contribution in [0.25, 0.3) is 11.3 Å². The standard InChI is InChI=1S/C17H10F6N2O3S/c1-28-13-4-5-25(16(13)15-11(19)6-9(18)7-12(15)20)29(26,27)10-2-3-14(24-8-10)17(21,22)23/h2-8H,1H3. The zero-order valence-corrected chi connectivity index (χ0v) is 15.2. The van der Waals surface area contributed by atoms with Gasteiger partial charge in [-0.3, -0.25) is 4.98 Å². The molecular weight excluding hydrogens is 426 g/mol. The van der Waals surface area contributed by atoms with E-state index < -0.39 is 55.5 Å². The highest BCUT2D eigenvalue weighted by molar-refractivity contribution is 7.90. The smallest absolute Gasteiger partial charge is 0.433 e. The lowest BCUT2D eigenvalue weighted by molar-refractivity contribution is -0.141. The molecule has 2 heterocycles. The van der Waals surface area contributed by atoms with Gasteiger partial charge in [-0.2, -0.15) is 13.2 Å². The summed E-state index contributed by atoms with van der Waals surface area (Å²) < 4.78 is 111. The second-order valence-corrected chi connectivity index (χ2v) is 7.47. The topological polar surface area (TPSA) is 61.2 Å². The molecule has 12 heteroatoms. The number of hydrogen-bond donors (Lipinski definition) is 0. The van der Waals surface area contributed by atoms with E-state index in [4.69, 9.17) is 4.74 Å². The summed E-state index contributed by atoms with van der Waals surface area (Å²) in [4.78, 5) is 2.40. The molecule has 0 bridgehead atoms. The number of ether oxygens (including phenoxy) is 1. The van der Waals surface area contributed by atoms with Gasteiger partial charge in [-0.25, -0.2) is 25.6 Å². The summed E-state index contributed by atoms with van der Waals surface area (Å²) in [5.74, 6) is -4.29. The number of halogens is 6. The monoisotopic (exact) mass is 436 g/mol. The maximum absolute atomic E-state index is 14.3. The molecule has 0 atom stereocenters. The maximum Gasteiger partial charge on any atom is 0.433 e. The molecule has 0 fully saturated rings. The van der Waals surface area contributed by atoms with E-state index in [1.807, 2.05) is 0 Å². The third-order valence-electron chi connectivity index (χ3n) is 3.86. The lowest BCUT2D eigenvalue weighted by atomic mass is 10.1. The first-order chi connectivity index (χ1) is 13.5. The van der Waals surface area contributed by atoms with Gasteiger partial charge in [0, 0.05) is 24.5 Å². The lowest BCUT2D eigenvalue weighted by Gasteiger charge is -2.14. The zero-order valence-electron chi connectivity index (χ0n) is 14.3. The minimum Gasteiger partial charge on any atom is -0.494 e. The summed E-state index contributed by atoms with van der Waals surface area (Å²) in [5, 5.41) is 0. The molecule has 1 aromatic carbocycles. The Morgan fingerprint density at radius 2 is 1.66 bits per heavy atom. The van der Waals surface area contributed by atoms with Crippen LogP contribution in [0.3, 0.4) is 0 Å². The Bertz CT molecular complexity index is 1150. The SMILES string of the molecule is COc1ccn(S(=O)(=O)c2ccc(C(F)(F)F)nc2)c1-c1c(F)cc(F)cc1F. The summed E-state index contributed by atoms with van der Waals surface area (Å²) in [6, 6.07) is 2.88. The van der Waals surface area contributed by atoms with Crippen LogP contribution in [0.15, 0.2) is 47.6 Å². The van der Waals surface area contributed by atoms with Crippen molar-refractivity contribution in [2.45, 2.75) is 11.1 Å². The van der Waals surface area contributed by atoms with Gasteiger partial charge in [-0.1, -0.05) is 0 Å². The minimum atomic E-state index is -4.79. The number of pyridine rings is 1. The van der Waals surface area contributed by atoms with Crippen molar-refractivity contribution in [3.8, 4) is 17.0 Å². The Labute approximate surface area is 160 Å². The van der Waals surface area contributed by atoms with Crippen LogP contribution in [-0.2, 0) is 16.2 Å². The van der Waals surface area contributed by atoms with Crippen LogP contribution >= 0.6 is 0 Å². The molecule has 0 saturated heterocycles. The lowest BCUT2D eigenvalue weighted by Crippen LogP contribution is -2.16. The summed E-state index contributed by atoms with van der Waals surface area (Å²) in [7, 11) is -3.53. The number of rotatable bonds is 4. The molecule has 2 aromatic heterocycles. The normalized spacial score (nSPS) is 12.2. The summed E-state index contributed by atoms with van der Waals surface area (Å²) >= 11 is 0. The van der Waals surface area contributed by atoms with Gasteiger partial charge < -0.3 is 4.74 Å². The number of alkyl halides is 3. The third-order valence-corrected chi connectivity index (χ3v) is 5.52. The van der Waals surface area contributed by atoms with Gasteiger partial charge in [0.2, 0.25) is 0 Å². The number of aromatic nitrogens is 2. The average molecular weight is 436 g/mol. The highest BCUT2D eigenvalue weighted by Gasteiger charge is 2.33. The summed E-state index contributed by atoms with van der Waals surface area (Å²) in [6.45, 7) is 0. The van der Waals surface area contributed by atoms with Gasteiger partial charge in [0.1, 0.15) is 39.5 Å². The van der Waals surface area contributed by atoms with E-state index in [0.29, 0.717) is 34.4 Å². The molecule has 0 amide bonds. The largest absolute Gasteiger partial charge is 0.494 e. The van der Waals surface area contributed by atoms with Crippen LogP contribution in [0, 0.1) is 17.5 Å². The number of benzene rings is 1. The van der Waals surface area contributed by atoms with E-state index in [2.05, 4.69) is 4.98 Å². The fourth-order valence-corrected chi connectivity index (χ4v) is 3.87. The molecule has 0 spiro atoms. The van der Waals surface area contributed by atoms with Gasteiger partial charge in [-0.15, -0.1) is 0 Å². The molecule has 0 aliphatic carbocycles. The Kier molecular flexibility index (Phi) is 5.07. The van der Waals surface area contributed by atoms with Crippen LogP contribution in [0.1, 0.15) is 5.69 Å². The Morgan fingerprint density at radius 3 is 2.14 bits per heavy atom. The molecule has 0 aliphatic heterocycles. The fourth-order valence-electron chi connectivity index (χ4n) is 2.58. The van der Waals surface area contributed by atoms with Gasteiger partial charge >= 0.3 is 6.18 Å². The molecule has 3 aromatic rings. The summed E-state index contributed by atoms with van der Waals surface area (Å²) in [5.41, 5.74) is -2.82. The van der Waals surface area contributed by atoms with Crippen LogP contribution in [0.4, 0.5) is 26.3 Å². The molecule has 154 valence electrons. The second-order valence-electron chi connectivity index (χ2n) is 5.65. The quantitative estimate of drug-likeness (QED) is 0.575. The van der Waals surface area contributed by atoms with Gasteiger partial charge in [0.05, 0.1) is 12.7 Å². The molecule has 0 aliphatic rings. The van der Waals surface area contributed by atoms with Crippen LogP contribution in [0.5, 0.6) is 5.75 Å². The van der Waals surface area contributed by atoms with Gasteiger partial charge in [-0.05, 0) is 18.2 Å². The van der Waals surface area contributed by atoms with Crippen molar-refractivity contribution in [2.75, 3.05) is 7.11 Å². The number of methoxy groups -OCH3 is 1. The molecule has 29 heavy (non-hydrogen) atoms. The zero-order chi connectivity index (χ0) is 21.6. The van der Waals surface area contributed by atoms with Crippen molar-refractivity contribution in [1.29, 1.82) is 0 Å². The van der Waals surface area contributed by atoms with Crippen molar-refractivity contribution in [3.05, 3.63) is 65.9 Å². The van der Waals surface area contributed by atoms with E-state index in [9.17, 15) is 34.8 Å². The van der Waals surface area contributed by atoms with Crippen molar-refractivity contribution in [3.63, 3.8) is 0 Å².